The van der Waals surface area contributed by atoms with Crippen LogP contribution in [-0.2, 0) is 0 Å². The van der Waals surface area contributed by atoms with Crippen molar-refractivity contribution in [2.75, 3.05) is 18.1 Å². The van der Waals surface area contributed by atoms with Crippen molar-refractivity contribution in [3.8, 4) is 5.75 Å². The standard InChI is InChI=1S/C9H9FN2OS/c10-6-1-2-7-8(5-6)13-4-3-12(7)9(11)14/h1-2,5H,3-4H2,(H2,11,14). The molecule has 74 valence electrons. The molecular formula is C9H9FN2OS. The third-order valence-electron chi connectivity index (χ3n) is 2.05. The molecule has 2 rings (SSSR count). The minimum atomic E-state index is -0.325. The van der Waals surface area contributed by atoms with E-state index in [0.717, 1.165) is 5.69 Å². The zero-order chi connectivity index (χ0) is 10.1. The average Bonchev–Trinajstić information content (AvgIpc) is 2.16. The Labute approximate surface area is 86.3 Å². The smallest absolute Gasteiger partial charge is 0.171 e. The summed E-state index contributed by atoms with van der Waals surface area (Å²) >= 11 is 4.88. The van der Waals surface area contributed by atoms with Gasteiger partial charge in [0.25, 0.3) is 0 Å². The Kier molecular flexibility index (Phi) is 2.25. The molecule has 0 atom stereocenters. The predicted molar refractivity (Wildman–Crippen MR) is 56.0 cm³/mol. The summed E-state index contributed by atoms with van der Waals surface area (Å²) in [4.78, 5) is 1.73. The molecule has 0 spiro atoms. The molecule has 0 fully saturated rings. The number of fused-ring (bicyclic) bond motifs is 1. The van der Waals surface area contributed by atoms with Crippen LogP contribution in [-0.4, -0.2) is 18.3 Å². The maximum Gasteiger partial charge on any atom is 0.171 e. The van der Waals surface area contributed by atoms with Gasteiger partial charge >= 0.3 is 0 Å². The highest BCUT2D eigenvalue weighted by atomic mass is 32.1. The summed E-state index contributed by atoms with van der Waals surface area (Å²) in [7, 11) is 0. The molecule has 2 N–H and O–H groups in total. The molecule has 5 heteroatoms. The van der Waals surface area contributed by atoms with Crippen LogP contribution >= 0.6 is 12.2 Å². The Morgan fingerprint density at radius 2 is 2.36 bits per heavy atom. The molecule has 0 radical (unpaired) electrons. The molecule has 14 heavy (non-hydrogen) atoms. The Morgan fingerprint density at radius 1 is 1.57 bits per heavy atom. The van der Waals surface area contributed by atoms with E-state index in [1.165, 1.54) is 12.1 Å². The van der Waals surface area contributed by atoms with Crippen molar-refractivity contribution in [3.63, 3.8) is 0 Å². The van der Waals surface area contributed by atoms with Crippen LogP contribution in [0.3, 0.4) is 0 Å². The number of nitrogens with zero attached hydrogens (tertiary/aromatic N) is 1. The quantitative estimate of drug-likeness (QED) is 0.657. The molecule has 0 unspecified atom stereocenters. The van der Waals surface area contributed by atoms with E-state index in [1.54, 1.807) is 11.0 Å². The molecule has 1 aromatic rings. The van der Waals surface area contributed by atoms with Gasteiger partial charge in [-0.1, -0.05) is 0 Å². The minimum Gasteiger partial charge on any atom is -0.489 e. The molecule has 0 aliphatic carbocycles. The van der Waals surface area contributed by atoms with Crippen LogP contribution in [0.25, 0.3) is 0 Å². The summed E-state index contributed by atoms with van der Waals surface area (Å²) < 4.78 is 18.1. The summed E-state index contributed by atoms with van der Waals surface area (Å²) in [6.45, 7) is 1.07. The second-order valence-corrected chi connectivity index (χ2v) is 3.37. The number of hydrogen-bond acceptors (Lipinski definition) is 2. The third-order valence-corrected chi connectivity index (χ3v) is 2.27. The lowest BCUT2D eigenvalue weighted by Gasteiger charge is -2.29. The number of halogens is 1. The number of anilines is 1. The molecule has 1 aromatic carbocycles. The number of benzene rings is 1. The van der Waals surface area contributed by atoms with Gasteiger partial charge in [-0.15, -0.1) is 0 Å². The van der Waals surface area contributed by atoms with Crippen LogP contribution in [0.4, 0.5) is 10.1 Å². The highest BCUT2D eigenvalue weighted by Gasteiger charge is 2.19. The van der Waals surface area contributed by atoms with Gasteiger partial charge in [0.1, 0.15) is 18.2 Å². The Hall–Kier alpha value is -1.36. The van der Waals surface area contributed by atoms with Crippen LogP contribution in [0.5, 0.6) is 5.75 Å². The van der Waals surface area contributed by atoms with Crippen LogP contribution in [0.15, 0.2) is 18.2 Å². The zero-order valence-corrected chi connectivity index (χ0v) is 8.18. The predicted octanol–water partition coefficient (Wildman–Crippen LogP) is 1.27. The van der Waals surface area contributed by atoms with E-state index in [2.05, 4.69) is 0 Å². The SMILES string of the molecule is NC(=S)N1CCOc2cc(F)ccc21. The van der Waals surface area contributed by atoms with Gasteiger partial charge in [0.05, 0.1) is 12.2 Å². The van der Waals surface area contributed by atoms with Crippen LogP contribution < -0.4 is 15.4 Å². The summed E-state index contributed by atoms with van der Waals surface area (Å²) in [6.07, 6.45) is 0. The van der Waals surface area contributed by atoms with Gasteiger partial charge in [-0.25, -0.2) is 4.39 Å². The van der Waals surface area contributed by atoms with Gasteiger partial charge in [-0.05, 0) is 24.4 Å². The first-order valence-electron chi connectivity index (χ1n) is 4.18. The van der Waals surface area contributed by atoms with E-state index in [4.69, 9.17) is 22.7 Å². The topological polar surface area (TPSA) is 38.5 Å². The van der Waals surface area contributed by atoms with Gasteiger partial charge in [-0.2, -0.15) is 0 Å². The van der Waals surface area contributed by atoms with E-state index in [1.807, 2.05) is 0 Å². The van der Waals surface area contributed by atoms with Gasteiger partial charge in [0.15, 0.2) is 5.11 Å². The Balaban J connectivity index is 2.44. The maximum atomic E-state index is 12.9. The van der Waals surface area contributed by atoms with Crippen molar-refractivity contribution in [3.05, 3.63) is 24.0 Å². The molecular weight excluding hydrogens is 203 g/mol. The van der Waals surface area contributed by atoms with Gasteiger partial charge < -0.3 is 15.4 Å². The van der Waals surface area contributed by atoms with Crippen molar-refractivity contribution >= 4 is 23.0 Å². The van der Waals surface area contributed by atoms with Crippen molar-refractivity contribution < 1.29 is 9.13 Å². The number of hydrogen-bond donors (Lipinski definition) is 1. The van der Waals surface area contributed by atoms with Crippen molar-refractivity contribution in [2.45, 2.75) is 0 Å². The maximum absolute atomic E-state index is 12.9. The van der Waals surface area contributed by atoms with Gasteiger partial charge in [-0.3, -0.25) is 0 Å². The molecule has 0 bridgehead atoms. The normalized spacial score (nSPS) is 14.5. The summed E-state index contributed by atoms with van der Waals surface area (Å²) in [6, 6.07) is 4.31. The van der Waals surface area contributed by atoms with E-state index in [-0.39, 0.29) is 10.9 Å². The number of nitrogens with two attached hydrogens (primary N) is 1. The molecule has 0 saturated heterocycles. The molecule has 0 aromatic heterocycles. The first kappa shape index (κ1) is 9.21. The van der Waals surface area contributed by atoms with E-state index < -0.39 is 0 Å². The Bertz CT molecular complexity index is 383. The third kappa shape index (κ3) is 1.50. The molecule has 0 saturated carbocycles. The fourth-order valence-corrected chi connectivity index (χ4v) is 1.61. The lowest BCUT2D eigenvalue weighted by molar-refractivity contribution is 0.314. The van der Waals surface area contributed by atoms with Crippen LogP contribution in [0.1, 0.15) is 0 Å². The highest BCUT2D eigenvalue weighted by Crippen LogP contribution is 2.31. The lowest BCUT2D eigenvalue weighted by Crippen LogP contribution is -2.41. The summed E-state index contributed by atoms with van der Waals surface area (Å²) in [5.41, 5.74) is 6.26. The first-order chi connectivity index (χ1) is 6.68. The van der Waals surface area contributed by atoms with Crippen molar-refractivity contribution in [2.24, 2.45) is 5.73 Å². The lowest BCUT2D eigenvalue weighted by atomic mass is 10.2. The van der Waals surface area contributed by atoms with E-state index >= 15 is 0 Å². The van der Waals surface area contributed by atoms with Crippen LogP contribution in [0.2, 0.25) is 0 Å². The second kappa shape index (κ2) is 3.42. The molecule has 1 aliphatic rings. The number of thiocarbonyl (C=S) groups is 1. The average molecular weight is 212 g/mol. The molecule has 1 heterocycles. The van der Waals surface area contributed by atoms with Crippen molar-refractivity contribution in [1.29, 1.82) is 0 Å². The van der Waals surface area contributed by atoms with E-state index in [0.29, 0.717) is 18.9 Å². The largest absolute Gasteiger partial charge is 0.489 e. The highest BCUT2D eigenvalue weighted by molar-refractivity contribution is 7.80. The monoisotopic (exact) mass is 212 g/mol. The van der Waals surface area contributed by atoms with Crippen molar-refractivity contribution in [1.82, 2.24) is 0 Å². The summed E-state index contributed by atoms with van der Waals surface area (Å²) in [5.74, 6) is 0.164. The fourth-order valence-electron chi connectivity index (χ4n) is 1.42. The number of ether oxygens (including phenoxy) is 1. The minimum absolute atomic E-state index is 0.279. The zero-order valence-electron chi connectivity index (χ0n) is 7.37. The summed E-state index contributed by atoms with van der Waals surface area (Å²) in [5, 5.41) is 0.279. The Morgan fingerprint density at radius 3 is 3.07 bits per heavy atom. The van der Waals surface area contributed by atoms with Gasteiger partial charge in [0.2, 0.25) is 0 Å². The fraction of sp³-hybridized carbons (Fsp3) is 0.222. The number of rotatable bonds is 0. The molecule has 0 amide bonds. The van der Waals surface area contributed by atoms with E-state index in [9.17, 15) is 4.39 Å². The first-order valence-corrected chi connectivity index (χ1v) is 4.58. The second-order valence-electron chi connectivity index (χ2n) is 2.95. The van der Waals surface area contributed by atoms with Crippen LogP contribution in [0, 0.1) is 5.82 Å². The van der Waals surface area contributed by atoms with Gasteiger partial charge in [0, 0.05) is 6.07 Å². The molecule has 1 aliphatic heterocycles. The molecule has 3 nitrogen and oxygen atoms in total.